The van der Waals surface area contributed by atoms with Crippen LogP contribution in [0.1, 0.15) is 33.1 Å². The zero-order valence-electron chi connectivity index (χ0n) is 11.4. The third-order valence-electron chi connectivity index (χ3n) is 2.91. The lowest BCUT2D eigenvalue weighted by Crippen LogP contribution is -2.39. The lowest BCUT2D eigenvalue weighted by molar-refractivity contribution is -0.130. The molecule has 3 amide bonds. The fourth-order valence-corrected chi connectivity index (χ4v) is 1.76. The highest BCUT2D eigenvalue weighted by Gasteiger charge is 2.18. The van der Waals surface area contributed by atoms with Gasteiger partial charge in [-0.15, -0.1) is 0 Å². The molecule has 0 aromatic carbocycles. The van der Waals surface area contributed by atoms with Crippen molar-refractivity contribution in [2.75, 3.05) is 19.6 Å². The van der Waals surface area contributed by atoms with Gasteiger partial charge in [-0.1, -0.05) is 0 Å². The average molecular weight is 268 g/mol. The largest absolute Gasteiger partial charge is 0.350 e. The molecule has 0 atom stereocenters. The summed E-state index contributed by atoms with van der Waals surface area (Å²) < 4.78 is 0. The average Bonchev–Trinajstić information content (AvgIpc) is 2.40. The van der Waals surface area contributed by atoms with E-state index in [-0.39, 0.29) is 37.1 Å². The quantitative estimate of drug-likeness (QED) is 0.688. The number of nitrogens with zero attached hydrogens (tertiary/aromatic N) is 2. The van der Waals surface area contributed by atoms with E-state index in [1.807, 2.05) is 13.8 Å². The molecule has 1 aliphatic heterocycles. The van der Waals surface area contributed by atoms with Crippen LogP contribution in [-0.2, 0) is 14.4 Å². The number of amides is 3. The molecule has 0 spiro atoms. The highest BCUT2D eigenvalue weighted by Crippen LogP contribution is 1.99. The van der Waals surface area contributed by atoms with Crippen LogP contribution < -0.4 is 10.7 Å². The van der Waals surface area contributed by atoms with Gasteiger partial charge in [0.05, 0.1) is 0 Å². The summed E-state index contributed by atoms with van der Waals surface area (Å²) in [5, 5.41) is 6.32. The first-order chi connectivity index (χ1) is 9.08. The first-order valence-corrected chi connectivity index (χ1v) is 6.49. The van der Waals surface area contributed by atoms with Gasteiger partial charge in [-0.05, 0) is 13.8 Å². The van der Waals surface area contributed by atoms with Crippen molar-refractivity contribution < 1.29 is 14.4 Å². The Bertz CT molecular complexity index is 388. The van der Waals surface area contributed by atoms with Crippen LogP contribution in [0.4, 0.5) is 0 Å². The van der Waals surface area contributed by atoms with E-state index in [1.54, 1.807) is 4.90 Å². The first kappa shape index (κ1) is 15.1. The van der Waals surface area contributed by atoms with E-state index in [0.29, 0.717) is 25.2 Å². The van der Waals surface area contributed by atoms with Crippen molar-refractivity contribution in [3.63, 3.8) is 0 Å². The van der Waals surface area contributed by atoms with Crippen LogP contribution in [0.2, 0.25) is 0 Å². The molecule has 0 fully saturated rings. The number of hydrogen-bond donors (Lipinski definition) is 2. The Morgan fingerprint density at radius 2 is 2.00 bits per heavy atom. The molecule has 0 bridgehead atoms. The molecule has 0 aromatic heterocycles. The van der Waals surface area contributed by atoms with Gasteiger partial charge in [-0.25, -0.2) is 5.43 Å². The number of nitrogens with one attached hydrogen (secondary N) is 2. The Hall–Kier alpha value is -1.92. The molecule has 1 aliphatic rings. The second kappa shape index (κ2) is 7.50. The maximum Gasteiger partial charge on any atom is 0.267 e. The summed E-state index contributed by atoms with van der Waals surface area (Å²) in [4.78, 5) is 36.0. The third-order valence-corrected chi connectivity index (χ3v) is 2.91. The molecule has 0 saturated heterocycles. The molecule has 106 valence electrons. The summed E-state index contributed by atoms with van der Waals surface area (Å²) in [6.07, 6.45) is 0.874. The Morgan fingerprint density at radius 1 is 1.32 bits per heavy atom. The fourth-order valence-electron chi connectivity index (χ4n) is 1.76. The van der Waals surface area contributed by atoms with Gasteiger partial charge in [0.15, 0.2) is 0 Å². The zero-order valence-corrected chi connectivity index (χ0v) is 11.4. The van der Waals surface area contributed by atoms with Crippen LogP contribution in [0.3, 0.4) is 0 Å². The maximum atomic E-state index is 11.7. The van der Waals surface area contributed by atoms with Crippen molar-refractivity contribution in [1.82, 2.24) is 15.6 Å². The second-order valence-corrected chi connectivity index (χ2v) is 4.17. The number of hydrazone groups is 1. The topological polar surface area (TPSA) is 90.9 Å². The lowest BCUT2D eigenvalue weighted by Gasteiger charge is -2.18. The summed E-state index contributed by atoms with van der Waals surface area (Å²) >= 11 is 0. The van der Waals surface area contributed by atoms with Crippen molar-refractivity contribution in [2.24, 2.45) is 5.10 Å². The standard InChI is InChI=1S/C12H20N4O3/c1-3-16(4-2)11(18)7-8-13-12(19)9-5-6-10(17)15-14-9/h3-8H2,1-2H3,(H,13,19)(H,15,17). The van der Waals surface area contributed by atoms with Crippen LogP contribution in [0, 0.1) is 0 Å². The van der Waals surface area contributed by atoms with Crippen LogP contribution >= 0.6 is 0 Å². The Kier molecular flexibility index (Phi) is 5.98. The van der Waals surface area contributed by atoms with E-state index < -0.39 is 0 Å². The highest BCUT2D eigenvalue weighted by atomic mass is 16.2. The van der Waals surface area contributed by atoms with Crippen molar-refractivity contribution >= 4 is 23.4 Å². The van der Waals surface area contributed by atoms with Crippen molar-refractivity contribution in [2.45, 2.75) is 33.1 Å². The minimum atomic E-state index is -0.327. The van der Waals surface area contributed by atoms with E-state index in [9.17, 15) is 14.4 Å². The molecule has 7 heteroatoms. The summed E-state index contributed by atoms with van der Waals surface area (Å²) in [7, 11) is 0. The van der Waals surface area contributed by atoms with Crippen molar-refractivity contribution in [3.8, 4) is 0 Å². The Balaban J connectivity index is 2.31. The smallest absolute Gasteiger partial charge is 0.267 e. The van der Waals surface area contributed by atoms with Gasteiger partial charge in [0, 0.05) is 38.9 Å². The van der Waals surface area contributed by atoms with E-state index in [4.69, 9.17) is 0 Å². The van der Waals surface area contributed by atoms with Gasteiger partial charge < -0.3 is 10.2 Å². The van der Waals surface area contributed by atoms with E-state index in [1.165, 1.54) is 0 Å². The predicted octanol–water partition coefficient (Wildman–Crippen LogP) is -0.373. The van der Waals surface area contributed by atoms with Gasteiger partial charge in [-0.2, -0.15) is 5.10 Å². The summed E-state index contributed by atoms with van der Waals surface area (Å²) in [5.74, 6) is -0.496. The summed E-state index contributed by atoms with van der Waals surface area (Å²) in [6.45, 7) is 5.45. The molecule has 0 radical (unpaired) electrons. The monoisotopic (exact) mass is 268 g/mol. The normalized spacial score (nSPS) is 14.4. The Labute approximate surface area is 112 Å². The first-order valence-electron chi connectivity index (χ1n) is 6.49. The van der Waals surface area contributed by atoms with Crippen LogP contribution in [0.5, 0.6) is 0 Å². The minimum absolute atomic E-state index is 0.0178. The second-order valence-electron chi connectivity index (χ2n) is 4.17. The third kappa shape index (κ3) is 4.69. The predicted molar refractivity (Wildman–Crippen MR) is 70.4 cm³/mol. The fraction of sp³-hybridized carbons (Fsp3) is 0.667. The van der Waals surface area contributed by atoms with Gasteiger partial charge >= 0.3 is 0 Å². The molecule has 2 N–H and O–H groups in total. The highest BCUT2D eigenvalue weighted by molar-refractivity contribution is 6.39. The van der Waals surface area contributed by atoms with E-state index in [0.717, 1.165) is 0 Å². The number of carbonyl (C=O) groups is 3. The molecule has 0 saturated carbocycles. The molecule has 7 nitrogen and oxygen atoms in total. The summed E-state index contributed by atoms with van der Waals surface area (Å²) in [5.41, 5.74) is 2.56. The SMILES string of the molecule is CCN(CC)C(=O)CCNC(=O)C1=NNC(=O)CC1. The molecule has 19 heavy (non-hydrogen) atoms. The number of hydrogen-bond acceptors (Lipinski definition) is 4. The van der Waals surface area contributed by atoms with Crippen LogP contribution in [0.15, 0.2) is 5.10 Å². The molecule has 0 unspecified atom stereocenters. The molecular formula is C12H20N4O3. The zero-order chi connectivity index (χ0) is 14.3. The minimum Gasteiger partial charge on any atom is -0.350 e. The van der Waals surface area contributed by atoms with E-state index >= 15 is 0 Å². The molecule has 1 rings (SSSR count). The van der Waals surface area contributed by atoms with Gasteiger partial charge in [0.1, 0.15) is 5.71 Å². The Morgan fingerprint density at radius 3 is 2.53 bits per heavy atom. The van der Waals surface area contributed by atoms with Crippen LogP contribution in [-0.4, -0.2) is 48.0 Å². The van der Waals surface area contributed by atoms with Gasteiger partial charge in [0.25, 0.3) is 5.91 Å². The summed E-state index contributed by atoms with van der Waals surface area (Å²) in [6, 6.07) is 0. The number of carbonyl (C=O) groups excluding carboxylic acids is 3. The van der Waals surface area contributed by atoms with Gasteiger partial charge in [-0.3, -0.25) is 14.4 Å². The molecule has 1 heterocycles. The van der Waals surface area contributed by atoms with Crippen LogP contribution in [0.25, 0.3) is 0 Å². The van der Waals surface area contributed by atoms with Gasteiger partial charge in [0.2, 0.25) is 11.8 Å². The lowest BCUT2D eigenvalue weighted by atomic mass is 10.1. The molecule has 0 aromatic rings. The molecule has 0 aliphatic carbocycles. The van der Waals surface area contributed by atoms with Crippen molar-refractivity contribution in [3.05, 3.63) is 0 Å². The number of rotatable bonds is 6. The van der Waals surface area contributed by atoms with Crippen molar-refractivity contribution in [1.29, 1.82) is 0 Å². The molecular weight excluding hydrogens is 248 g/mol. The van der Waals surface area contributed by atoms with E-state index in [2.05, 4.69) is 15.8 Å². The maximum absolute atomic E-state index is 11.7.